The van der Waals surface area contributed by atoms with Gasteiger partial charge in [0.05, 0.1) is 20.4 Å². The van der Waals surface area contributed by atoms with Gasteiger partial charge in [-0.1, -0.05) is 25.4 Å². The van der Waals surface area contributed by atoms with Crippen molar-refractivity contribution in [1.29, 1.82) is 0 Å². The SMILES string of the molecule is CCN(CC)S(=O)(=O)c1ccc(Cl)c(C(=O)Nc2ccc(S(=O)(=O)Nc3ncccn3)cc2)c1. The van der Waals surface area contributed by atoms with Crippen molar-refractivity contribution < 1.29 is 21.6 Å². The number of aromatic nitrogens is 2. The summed E-state index contributed by atoms with van der Waals surface area (Å²) in [5.74, 6) is -0.720. The summed E-state index contributed by atoms with van der Waals surface area (Å²) in [6, 6.07) is 10.8. The molecule has 3 aromatic rings. The number of halogens is 1. The lowest BCUT2D eigenvalue weighted by molar-refractivity contribution is 0.102. The van der Waals surface area contributed by atoms with Crippen molar-refractivity contribution in [2.75, 3.05) is 23.1 Å². The van der Waals surface area contributed by atoms with Gasteiger partial charge in [-0.15, -0.1) is 0 Å². The third kappa shape index (κ3) is 5.70. The van der Waals surface area contributed by atoms with Gasteiger partial charge in [0, 0.05) is 31.2 Å². The maximum atomic E-state index is 12.8. The van der Waals surface area contributed by atoms with Crippen LogP contribution in [0, 0.1) is 0 Å². The Morgan fingerprint density at radius 1 is 0.941 bits per heavy atom. The van der Waals surface area contributed by atoms with Gasteiger partial charge in [-0.05, 0) is 48.5 Å². The predicted molar refractivity (Wildman–Crippen MR) is 129 cm³/mol. The van der Waals surface area contributed by atoms with Crippen LogP contribution in [-0.2, 0) is 20.0 Å². The Balaban J connectivity index is 1.80. The monoisotopic (exact) mass is 523 g/mol. The molecule has 1 heterocycles. The summed E-state index contributed by atoms with van der Waals surface area (Å²) < 4.78 is 54.0. The van der Waals surface area contributed by atoms with Gasteiger partial charge >= 0.3 is 0 Å². The number of sulfonamides is 2. The second-order valence-corrected chi connectivity index (χ2v) is 10.9. The van der Waals surface area contributed by atoms with Gasteiger partial charge in [0.1, 0.15) is 0 Å². The van der Waals surface area contributed by atoms with Crippen LogP contribution in [0.1, 0.15) is 24.2 Å². The lowest BCUT2D eigenvalue weighted by Crippen LogP contribution is -2.30. The zero-order valence-corrected chi connectivity index (χ0v) is 20.7. The normalized spacial score (nSPS) is 11.9. The van der Waals surface area contributed by atoms with E-state index in [2.05, 4.69) is 20.0 Å². The fourth-order valence-electron chi connectivity index (χ4n) is 3.00. The van der Waals surface area contributed by atoms with E-state index in [1.165, 1.54) is 59.2 Å². The van der Waals surface area contributed by atoms with Crippen molar-refractivity contribution in [3.05, 3.63) is 71.5 Å². The molecule has 0 unspecified atom stereocenters. The second-order valence-electron chi connectivity index (χ2n) is 6.89. The molecule has 34 heavy (non-hydrogen) atoms. The van der Waals surface area contributed by atoms with E-state index < -0.39 is 26.0 Å². The van der Waals surface area contributed by atoms with Gasteiger partial charge in [-0.25, -0.2) is 31.5 Å². The van der Waals surface area contributed by atoms with Crippen LogP contribution in [0.2, 0.25) is 5.02 Å². The van der Waals surface area contributed by atoms with Crippen LogP contribution >= 0.6 is 11.6 Å². The smallest absolute Gasteiger partial charge is 0.264 e. The highest BCUT2D eigenvalue weighted by Gasteiger charge is 2.24. The molecule has 0 radical (unpaired) electrons. The maximum Gasteiger partial charge on any atom is 0.264 e. The molecular formula is C21H22ClN5O5S2. The summed E-state index contributed by atoms with van der Waals surface area (Å²) in [5.41, 5.74) is 0.252. The number of carbonyl (C=O) groups is 1. The summed E-state index contributed by atoms with van der Waals surface area (Å²) in [6.07, 6.45) is 2.80. The molecule has 13 heteroatoms. The third-order valence-electron chi connectivity index (χ3n) is 4.74. The molecule has 2 aromatic carbocycles. The van der Waals surface area contributed by atoms with Crippen LogP contribution in [0.3, 0.4) is 0 Å². The van der Waals surface area contributed by atoms with E-state index in [9.17, 15) is 21.6 Å². The molecule has 0 saturated heterocycles. The van der Waals surface area contributed by atoms with E-state index in [-0.39, 0.29) is 45.1 Å². The number of anilines is 2. The van der Waals surface area contributed by atoms with Gasteiger partial charge in [-0.3, -0.25) is 4.79 Å². The first-order valence-electron chi connectivity index (χ1n) is 10.1. The van der Waals surface area contributed by atoms with Crippen LogP contribution in [0.4, 0.5) is 11.6 Å². The Bertz CT molecular complexity index is 1380. The lowest BCUT2D eigenvalue weighted by Gasteiger charge is -2.19. The Morgan fingerprint density at radius 2 is 1.53 bits per heavy atom. The number of nitrogens with zero attached hydrogens (tertiary/aromatic N) is 3. The standard InChI is InChI=1S/C21H22ClN5O5S2/c1-3-27(4-2)34(31,32)17-10-11-19(22)18(14-17)20(28)25-15-6-8-16(9-7-15)33(29,30)26-21-23-12-5-13-24-21/h5-14H,3-4H2,1-2H3,(H,25,28)(H,23,24,26). The molecule has 2 N–H and O–H groups in total. The average molecular weight is 524 g/mol. The number of benzene rings is 2. The summed E-state index contributed by atoms with van der Waals surface area (Å²) in [5, 5.41) is 2.66. The van der Waals surface area contributed by atoms with E-state index in [0.717, 1.165) is 0 Å². The quantitative estimate of drug-likeness (QED) is 0.439. The van der Waals surface area contributed by atoms with Crippen LogP contribution in [-0.4, -0.2) is 50.1 Å². The fourth-order valence-corrected chi connectivity index (χ4v) is 5.64. The van der Waals surface area contributed by atoms with Crippen LogP contribution < -0.4 is 10.0 Å². The molecule has 180 valence electrons. The highest BCUT2D eigenvalue weighted by molar-refractivity contribution is 7.92. The summed E-state index contributed by atoms with van der Waals surface area (Å²) in [4.78, 5) is 20.3. The number of hydrogen-bond donors (Lipinski definition) is 2. The highest BCUT2D eigenvalue weighted by Crippen LogP contribution is 2.24. The first kappa shape index (κ1) is 25.6. The van der Waals surface area contributed by atoms with Gasteiger partial charge < -0.3 is 5.32 Å². The maximum absolute atomic E-state index is 12.8. The minimum atomic E-state index is -3.93. The van der Waals surface area contributed by atoms with Gasteiger partial charge in [-0.2, -0.15) is 4.31 Å². The average Bonchev–Trinajstić information content (AvgIpc) is 2.80. The summed E-state index contributed by atoms with van der Waals surface area (Å²) in [6.45, 7) is 4.00. The number of carbonyl (C=O) groups excluding carboxylic acids is 1. The Hall–Kier alpha value is -3.06. The number of amides is 1. The van der Waals surface area contributed by atoms with Crippen LogP contribution in [0.25, 0.3) is 0 Å². The van der Waals surface area contributed by atoms with E-state index in [4.69, 9.17) is 11.6 Å². The van der Waals surface area contributed by atoms with Gasteiger partial charge in [0.25, 0.3) is 15.9 Å². The van der Waals surface area contributed by atoms with Crippen molar-refractivity contribution in [2.45, 2.75) is 23.6 Å². The molecule has 0 atom stereocenters. The lowest BCUT2D eigenvalue weighted by atomic mass is 10.2. The van der Waals surface area contributed by atoms with Crippen molar-refractivity contribution in [1.82, 2.24) is 14.3 Å². The molecule has 0 aliphatic carbocycles. The minimum Gasteiger partial charge on any atom is -0.322 e. The molecule has 1 aromatic heterocycles. The van der Waals surface area contributed by atoms with E-state index in [0.29, 0.717) is 0 Å². The second kappa shape index (κ2) is 10.5. The molecule has 1 amide bonds. The molecule has 3 rings (SSSR count). The van der Waals surface area contributed by atoms with Gasteiger partial charge in [0.15, 0.2) is 0 Å². The molecule has 0 fully saturated rings. The topological polar surface area (TPSA) is 138 Å². The molecule has 0 saturated carbocycles. The zero-order chi connectivity index (χ0) is 24.9. The Morgan fingerprint density at radius 3 is 2.12 bits per heavy atom. The Labute approximate surface area is 203 Å². The largest absolute Gasteiger partial charge is 0.322 e. The zero-order valence-electron chi connectivity index (χ0n) is 18.3. The first-order chi connectivity index (χ1) is 16.1. The Kier molecular flexibility index (Phi) is 7.87. The molecular weight excluding hydrogens is 502 g/mol. The summed E-state index contributed by atoms with van der Waals surface area (Å²) in [7, 11) is -7.72. The van der Waals surface area contributed by atoms with Crippen molar-refractivity contribution >= 4 is 49.2 Å². The number of rotatable bonds is 9. The van der Waals surface area contributed by atoms with Crippen LogP contribution in [0.15, 0.2) is 70.7 Å². The fraction of sp³-hybridized carbons (Fsp3) is 0.190. The van der Waals surface area contributed by atoms with Crippen LogP contribution in [0.5, 0.6) is 0 Å². The predicted octanol–water partition coefficient (Wildman–Crippen LogP) is 3.21. The summed E-state index contributed by atoms with van der Waals surface area (Å²) >= 11 is 6.15. The number of hydrogen-bond acceptors (Lipinski definition) is 7. The van der Waals surface area contributed by atoms with E-state index in [1.54, 1.807) is 19.9 Å². The highest BCUT2D eigenvalue weighted by atomic mass is 35.5. The molecule has 10 nitrogen and oxygen atoms in total. The first-order valence-corrected chi connectivity index (χ1v) is 13.4. The molecule has 0 bridgehead atoms. The third-order valence-corrected chi connectivity index (χ3v) is 8.46. The van der Waals surface area contributed by atoms with Gasteiger partial charge in [0.2, 0.25) is 16.0 Å². The minimum absolute atomic E-state index is 0.0329. The van der Waals surface area contributed by atoms with E-state index >= 15 is 0 Å². The van der Waals surface area contributed by atoms with E-state index in [1.807, 2.05) is 0 Å². The van der Waals surface area contributed by atoms with Crippen molar-refractivity contribution in [2.24, 2.45) is 0 Å². The van der Waals surface area contributed by atoms with Crippen molar-refractivity contribution in [3.63, 3.8) is 0 Å². The van der Waals surface area contributed by atoms with Crippen molar-refractivity contribution in [3.8, 4) is 0 Å². The number of nitrogens with one attached hydrogen (secondary N) is 2. The molecule has 0 spiro atoms. The molecule has 0 aliphatic heterocycles. The molecule has 0 aliphatic rings.